The average Bonchev–Trinajstić information content (AvgIpc) is 3.22. The van der Waals surface area contributed by atoms with Gasteiger partial charge in [-0.1, -0.05) is 47.3 Å². The predicted molar refractivity (Wildman–Crippen MR) is 116 cm³/mol. The number of thiocarbonyl (C=S) groups is 1. The van der Waals surface area contributed by atoms with Gasteiger partial charge in [-0.25, -0.2) is 4.39 Å². The van der Waals surface area contributed by atoms with Crippen LogP contribution in [-0.4, -0.2) is 10.2 Å². The molecule has 0 saturated carbocycles. The third kappa shape index (κ3) is 4.17. The van der Waals surface area contributed by atoms with E-state index in [9.17, 15) is 9.18 Å². The van der Waals surface area contributed by atoms with Gasteiger partial charge in [-0.15, -0.1) is 0 Å². The zero-order valence-corrected chi connectivity index (χ0v) is 17.3. The molecule has 0 bridgehead atoms. The molecule has 1 aromatic heterocycles. The lowest BCUT2D eigenvalue weighted by Gasteiger charge is -2.14. The van der Waals surface area contributed by atoms with E-state index < -0.39 is 0 Å². The fourth-order valence-corrected chi connectivity index (χ4v) is 4.68. The van der Waals surface area contributed by atoms with Crippen LogP contribution in [0.3, 0.4) is 0 Å². The molecule has 0 aliphatic carbocycles. The maximum Gasteiger partial charge on any atom is 0.270 e. The van der Waals surface area contributed by atoms with Crippen LogP contribution in [0.2, 0.25) is 5.02 Å². The number of hydrogen-bond acceptors (Lipinski definition) is 5. The summed E-state index contributed by atoms with van der Waals surface area (Å²) in [6.45, 7) is 0. The van der Waals surface area contributed by atoms with Gasteiger partial charge in [0.05, 0.1) is 10.6 Å². The van der Waals surface area contributed by atoms with E-state index in [1.165, 1.54) is 52.7 Å². The number of anilines is 1. The number of furan rings is 1. The Morgan fingerprint density at radius 1 is 1.07 bits per heavy atom. The Morgan fingerprint density at radius 3 is 2.50 bits per heavy atom. The highest BCUT2D eigenvalue weighted by atomic mass is 35.5. The summed E-state index contributed by atoms with van der Waals surface area (Å²) in [5, 5.41) is 1.37. The predicted octanol–water partition coefficient (Wildman–Crippen LogP) is 6.63. The molecule has 1 saturated heterocycles. The van der Waals surface area contributed by atoms with Crippen molar-refractivity contribution in [2.24, 2.45) is 0 Å². The molecule has 0 radical (unpaired) electrons. The molecule has 2 aromatic carbocycles. The number of benzene rings is 2. The van der Waals surface area contributed by atoms with E-state index in [1.54, 1.807) is 12.1 Å². The van der Waals surface area contributed by atoms with Gasteiger partial charge in [0, 0.05) is 16.0 Å². The van der Waals surface area contributed by atoms with Crippen LogP contribution in [0.5, 0.6) is 0 Å². The topological polar surface area (TPSA) is 33.5 Å². The molecule has 1 amide bonds. The Kier molecular flexibility index (Phi) is 5.59. The maximum absolute atomic E-state index is 13.1. The number of thioether (sulfide) groups is 1. The van der Waals surface area contributed by atoms with Crippen LogP contribution in [0.1, 0.15) is 5.76 Å². The second kappa shape index (κ2) is 8.13. The van der Waals surface area contributed by atoms with E-state index in [0.717, 1.165) is 4.90 Å². The number of halogens is 2. The maximum atomic E-state index is 13.1. The molecule has 3 aromatic rings. The Morgan fingerprint density at radius 2 is 1.79 bits per heavy atom. The fourth-order valence-electron chi connectivity index (χ4n) is 2.50. The van der Waals surface area contributed by atoms with Crippen molar-refractivity contribution in [1.82, 2.24) is 0 Å². The fraction of sp³-hybridized carbons (Fsp3) is 0. The summed E-state index contributed by atoms with van der Waals surface area (Å²) in [6, 6.07) is 16.7. The van der Waals surface area contributed by atoms with E-state index in [-0.39, 0.29) is 11.7 Å². The third-order valence-corrected chi connectivity index (χ3v) is 6.27. The molecule has 1 fully saturated rings. The molecule has 2 heterocycles. The minimum absolute atomic E-state index is 0.259. The molecule has 0 atom stereocenters. The van der Waals surface area contributed by atoms with Gasteiger partial charge in [-0.3, -0.25) is 9.69 Å². The smallest absolute Gasteiger partial charge is 0.270 e. The molecule has 1 aliphatic heterocycles. The highest BCUT2D eigenvalue weighted by Gasteiger charge is 2.33. The standard InChI is InChI=1S/C20H11ClFNO2S3/c21-12-1-8-16(9-2-12)27-18-10-7-15(25-18)11-17-19(24)23(20(26)28-17)14-5-3-13(22)4-6-14/h1-11H/b17-11+. The highest BCUT2D eigenvalue weighted by molar-refractivity contribution is 8.27. The first-order valence-electron chi connectivity index (χ1n) is 8.06. The lowest BCUT2D eigenvalue weighted by Crippen LogP contribution is -2.27. The first-order chi connectivity index (χ1) is 13.5. The van der Waals surface area contributed by atoms with E-state index in [2.05, 4.69) is 0 Å². The van der Waals surface area contributed by atoms with Crippen LogP contribution >= 0.6 is 47.3 Å². The highest BCUT2D eigenvalue weighted by Crippen LogP contribution is 2.37. The first kappa shape index (κ1) is 19.3. The molecule has 4 rings (SSSR count). The Balaban J connectivity index is 1.52. The van der Waals surface area contributed by atoms with Gasteiger partial charge < -0.3 is 4.42 Å². The number of rotatable bonds is 4. The monoisotopic (exact) mass is 447 g/mol. The molecule has 0 N–H and O–H groups in total. The van der Waals surface area contributed by atoms with Crippen LogP contribution in [0.4, 0.5) is 10.1 Å². The Bertz CT molecular complexity index is 1080. The lowest BCUT2D eigenvalue weighted by atomic mass is 10.3. The van der Waals surface area contributed by atoms with Gasteiger partial charge in [0.15, 0.2) is 9.41 Å². The minimum atomic E-state index is -0.369. The molecule has 0 spiro atoms. The SMILES string of the molecule is O=C1/C(=C\c2ccc(Sc3ccc(Cl)cc3)o2)SC(=S)N1c1ccc(F)cc1. The lowest BCUT2D eigenvalue weighted by molar-refractivity contribution is -0.113. The zero-order chi connectivity index (χ0) is 19.7. The second-order valence-electron chi connectivity index (χ2n) is 5.71. The largest absolute Gasteiger partial charge is 0.450 e. The molecular weight excluding hydrogens is 437 g/mol. The molecule has 3 nitrogen and oxygen atoms in total. The number of carbonyl (C=O) groups excluding carboxylic acids is 1. The van der Waals surface area contributed by atoms with Crippen LogP contribution in [0.25, 0.3) is 6.08 Å². The van der Waals surface area contributed by atoms with Crippen LogP contribution < -0.4 is 4.90 Å². The van der Waals surface area contributed by atoms with Crippen molar-refractivity contribution < 1.29 is 13.6 Å². The van der Waals surface area contributed by atoms with Crippen molar-refractivity contribution in [1.29, 1.82) is 0 Å². The van der Waals surface area contributed by atoms with Crippen molar-refractivity contribution in [3.63, 3.8) is 0 Å². The summed E-state index contributed by atoms with van der Waals surface area (Å²) in [4.78, 5) is 15.6. The van der Waals surface area contributed by atoms with E-state index in [0.29, 0.717) is 30.8 Å². The van der Waals surface area contributed by atoms with Gasteiger partial charge in [-0.05, 0) is 60.7 Å². The summed E-state index contributed by atoms with van der Waals surface area (Å²) in [5.74, 6) is -0.0768. The van der Waals surface area contributed by atoms with Crippen molar-refractivity contribution in [2.45, 2.75) is 9.99 Å². The number of amides is 1. The van der Waals surface area contributed by atoms with E-state index in [1.807, 2.05) is 30.3 Å². The first-order valence-corrected chi connectivity index (χ1v) is 10.5. The average molecular weight is 448 g/mol. The summed E-state index contributed by atoms with van der Waals surface area (Å²) < 4.78 is 19.3. The van der Waals surface area contributed by atoms with Crippen LogP contribution in [0, 0.1) is 5.82 Å². The van der Waals surface area contributed by atoms with Crippen molar-refractivity contribution in [3.05, 3.63) is 82.2 Å². The van der Waals surface area contributed by atoms with Crippen molar-refractivity contribution in [3.8, 4) is 0 Å². The Hall–Kier alpha value is -2.06. The van der Waals surface area contributed by atoms with Gasteiger partial charge in [-0.2, -0.15) is 0 Å². The molecular formula is C20H11ClFNO2S3. The normalized spacial score (nSPS) is 15.6. The van der Waals surface area contributed by atoms with Crippen LogP contribution in [0.15, 0.2) is 80.0 Å². The summed E-state index contributed by atoms with van der Waals surface area (Å²) in [7, 11) is 0. The summed E-state index contributed by atoms with van der Waals surface area (Å²) >= 11 is 13.9. The Labute approximate surface area is 179 Å². The van der Waals surface area contributed by atoms with Gasteiger partial charge in [0.1, 0.15) is 11.6 Å². The molecule has 8 heteroatoms. The van der Waals surface area contributed by atoms with Crippen LogP contribution in [-0.2, 0) is 4.79 Å². The van der Waals surface area contributed by atoms with Gasteiger partial charge in [0.25, 0.3) is 5.91 Å². The zero-order valence-electron chi connectivity index (χ0n) is 14.1. The van der Waals surface area contributed by atoms with Gasteiger partial charge >= 0.3 is 0 Å². The summed E-state index contributed by atoms with van der Waals surface area (Å²) in [6.07, 6.45) is 1.66. The number of hydrogen-bond donors (Lipinski definition) is 0. The summed E-state index contributed by atoms with van der Waals surface area (Å²) in [5.41, 5.74) is 0.533. The third-order valence-electron chi connectivity index (χ3n) is 3.79. The van der Waals surface area contributed by atoms with Gasteiger partial charge in [0.2, 0.25) is 0 Å². The quantitative estimate of drug-likeness (QED) is 0.331. The van der Waals surface area contributed by atoms with E-state index in [4.69, 9.17) is 28.2 Å². The number of carbonyl (C=O) groups is 1. The second-order valence-corrected chi connectivity index (χ2v) is 8.90. The molecule has 140 valence electrons. The molecule has 1 aliphatic rings. The number of nitrogens with zero attached hydrogens (tertiary/aromatic N) is 1. The minimum Gasteiger partial charge on any atom is -0.450 e. The molecule has 0 unspecified atom stereocenters. The molecule has 28 heavy (non-hydrogen) atoms. The van der Waals surface area contributed by atoms with Crippen molar-refractivity contribution in [2.75, 3.05) is 4.90 Å². The van der Waals surface area contributed by atoms with E-state index >= 15 is 0 Å². The van der Waals surface area contributed by atoms with Crippen molar-refractivity contribution >= 4 is 69.3 Å².